The van der Waals surface area contributed by atoms with Gasteiger partial charge in [-0.05, 0) is 59.8 Å². The Kier molecular flexibility index (Phi) is 6.28. The van der Waals surface area contributed by atoms with Crippen molar-refractivity contribution in [1.82, 2.24) is 10.5 Å². The highest BCUT2D eigenvalue weighted by Crippen LogP contribution is 2.36. The number of benzene rings is 2. The number of rotatable bonds is 6. The van der Waals surface area contributed by atoms with Crippen LogP contribution in [0.2, 0.25) is 0 Å². The van der Waals surface area contributed by atoms with Gasteiger partial charge in [0.2, 0.25) is 0 Å². The van der Waals surface area contributed by atoms with E-state index in [0.717, 1.165) is 10.4 Å². The Morgan fingerprint density at radius 2 is 1.79 bits per heavy atom. The normalized spacial score (nSPS) is 11.2. The summed E-state index contributed by atoms with van der Waals surface area (Å²) in [5.41, 5.74) is 4.88. The van der Waals surface area contributed by atoms with Crippen molar-refractivity contribution in [2.45, 2.75) is 11.8 Å². The highest BCUT2D eigenvalue weighted by Gasteiger charge is 2.26. The Hall–Kier alpha value is -3.53. The molecule has 2 aromatic heterocycles. The number of thiophene rings is 1. The zero-order chi connectivity index (χ0) is 23.6. The molecule has 0 atom stereocenters. The molecule has 4 aromatic rings. The molecule has 168 valence electrons. The highest BCUT2D eigenvalue weighted by molar-refractivity contribution is 7.92. The van der Waals surface area contributed by atoms with E-state index in [4.69, 9.17) is 0 Å². The van der Waals surface area contributed by atoms with E-state index in [-0.39, 0.29) is 10.5 Å². The smallest absolute Gasteiger partial charge is 0.275 e. The van der Waals surface area contributed by atoms with Crippen LogP contribution in [0, 0.1) is 6.92 Å². The van der Waals surface area contributed by atoms with Crippen molar-refractivity contribution in [2.24, 2.45) is 0 Å². The molecule has 1 amide bonds. The van der Waals surface area contributed by atoms with Crippen LogP contribution < -0.4 is 9.79 Å². The van der Waals surface area contributed by atoms with Gasteiger partial charge >= 0.3 is 0 Å². The van der Waals surface area contributed by atoms with Gasteiger partial charge < -0.3 is 0 Å². The van der Waals surface area contributed by atoms with E-state index in [2.05, 4.69) is 4.98 Å². The maximum atomic E-state index is 13.4. The number of amides is 1. The molecule has 2 aromatic carbocycles. The van der Waals surface area contributed by atoms with Crippen molar-refractivity contribution in [3.05, 3.63) is 89.6 Å². The molecule has 7 nitrogen and oxygen atoms in total. The van der Waals surface area contributed by atoms with E-state index in [1.165, 1.54) is 17.4 Å². The van der Waals surface area contributed by atoms with Gasteiger partial charge in [-0.3, -0.25) is 19.3 Å². The second-order valence-electron chi connectivity index (χ2n) is 7.29. The Morgan fingerprint density at radius 1 is 1.03 bits per heavy atom. The highest BCUT2D eigenvalue weighted by atomic mass is 32.2. The van der Waals surface area contributed by atoms with Crippen molar-refractivity contribution in [2.75, 3.05) is 11.4 Å². The molecule has 0 aliphatic heterocycles. The molecule has 0 spiro atoms. The van der Waals surface area contributed by atoms with Gasteiger partial charge in [0.25, 0.3) is 15.9 Å². The summed E-state index contributed by atoms with van der Waals surface area (Å²) in [6.45, 7) is 1.73. The molecule has 0 aliphatic carbocycles. The first-order chi connectivity index (χ1) is 15.8. The van der Waals surface area contributed by atoms with Crippen LogP contribution in [-0.4, -0.2) is 31.6 Å². The number of nitrogens with one attached hydrogen (secondary N) is 1. The van der Waals surface area contributed by atoms with Gasteiger partial charge in [-0.25, -0.2) is 13.9 Å². The van der Waals surface area contributed by atoms with Gasteiger partial charge in [0.15, 0.2) is 0 Å². The number of aromatic nitrogens is 1. The lowest BCUT2D eigenvalue weighted by Gasteiger charge is -2.24. The summed E-state index contributed by atoms with van der Waals surface area (Å²) in [6.07, 6.45) is 3.18. The fourth-order valence-corrected chi connectivity index (χ4v) is 5.68. The van der Waals surface area contributed by atoms with E-state index in [1.54, 1.807) is 78.6 Å². The van der Waals surface area contributed by atoms with Crippen molar-refractivity contribution in [3.8, 4) is 21.6 Å². The predicted octanol–water partition coefficient (Wildman–Crippen LogP) is 4.73. The van der Waals surface area contributed by atoms with Gasteiger partial charge in [0.1, 0.15) is 0 Å². The van der Waals surface area contributed by atoms with Crippen LogP contribution in [0.5, 0.6) is 0 Å². The molecule has 33 heavy (non-hydrogen) atoms. The monoisotopic (exact) mass is 479 g/mol. The van der Waals surface area contributed by atoms with Gasteiger partial charge in [0.05, 0.1) is 10.6 Å². The van der Waals surface area contributed by atoms with Gasteiger partial charge in [-0.15, -0.1) is 11.3 Å². The number of nitrogens with zero attached hydrogens (tertiary/aromatic N) is 2. The van der Waals surface area contributed by atoms with E-state index < -0.39 is 15.9 Å². The standard InChI is InChI=1S/C24H21N3O4S2/c1-16-21(12-11-20(24(28)26-29)23(16)18-5-3-13-25-15-18)27(2)33(30,31)19-9-7-17(8-10-19)22-6-4-14-32-22/h3-15,29H,1-2H3,(H,26,28). The fourth-order valence-electron chi connectivity index (χ4n) is 3.70. The Balaban J connectivity index is 1.77. The first kappa shape index (κ1) is 22.7. The maximum Gasteiger partial charge on any atom is 0.275 e. The zero-order valence-electron chi connectivity index (χ0n) is 17.9. The SMILES string of the molecule is Cc1c(N(C)S(=O)(=O)c2ccc(-c3cccs3)cc2)ccc(C(=O)NO)c1-c1cccnc1. The number of carbonyl (C=O) groups is 1. The third-order valence-electron chi connectivity index (χ3n) is 5.39. The Labute approximate surface area is 196 Å². The number of anilines is 1. The number of sulfonamides is 1. The van der Waals surface area contributed by atoms with Crippen LogP contribution in [0.1, 0.15) is 15.9 Å². The minimum atomic E-state index is -3.87. The van der Waals surface area contributed by atoms with Crippen molar-refractivity contribution in [3.63, 3.8) is 0 Å². The number of carbonyl (C=O) groups excluding carboxylic acids is 1. The molecule has 0 aliphatic rings. The minimum absolute atomic E-state index is 0.157. The second-order valence-corrected chi connectivity index (χ2v) is 10.2. The third-order valence-corrected chi connectivity index (χ3v) is 8.10. The summed E-state index contributed by atoms with van der Waals surface area (Å²) in [6, 6.07) is 17.2. The molecule has 2 N–H and O–H groups in total. The van der Waals surface area contributed by atoms with Crippen LogP contribution >= 0.6 is 11.3 Å². The predicted molar refractivity (Wildman–Crippen MR) is 129 cm³/mol. The minimum Gasteiger partial charge on any atom is -0.288 e. The first-order valence-electron chi connectivity index (χ1n) is 9.96. The largest absolute Gasteiger partial charge is 0.288 e. The molecule has 0 saturated heterocycles. The van der Waals surface area contributed by atoms with Crippen LogP contribution in [0.4, 0.5) is 5.69 Å². The lowest BCUT2D eigenvalue weighted by atomic mass is 9.94. The number of hydroxylamine groups is 1. The van der Waals surface area contributed by atoms with Crippen molar-refractivity contribution >= 4 is 33.0 Å². The number of hydrogen-bond donors (Lipinski definition) is 2. The topological polar surface area (TPSA) is 99.6 Å². The van der Waals surface area contributed by atoms with Gasteiger partial charge in [0, 0.05) is 41.0 Å². The number of pyridine rings is 1. The number of hydrogen-bond acceptors (Lipinski definition) is 6. The molecule has 0 saturated carbocycles. The van der Waals surface area contributed by atoms with Crippen LogP contribution in [0.25, 0.3) is 21.6 Å². The molecule has 0 bridgehead atoms. The van der Waals surface area contributed by atoms with Crippen LogP contribution in [0.3, 0.4) is 0 Å². The fraction of sp³-hybridized carbons (Fsp3) is 0.0833. The zero-order valence-corrected chi connectivity index (χ0v) is 19.5. The van der Waals surface area contributed by atoms with Gasteiger partial charge in [-0.2, -0.15) is 0 Å². The molecule has 0 unspecified atom stereocenters. The molecular formula is C24H21N3O4S2. The van der Waals surface area contributed by atoms with Crippen molar-refractivity contribution in [1.29, 1.82) is 0 Å². The molecule has 4 rings (SSSR count). The van der Waals surface area contributed by atoms with E-state index in [9.17, 15) is 18.4 Å². The summed E-state index contributed by atoms with van der Waals surface area (Å²) in [5, 5.41) is 11.1. The van der Waals surface area contributed by atoms with E-state index >= 15 is 0 Å². The van der Waals surface area contributed by atoms with Crippen molar-refractivity contribution < 1.29 is 18.4 Å². The van der Waals surface area contributed by atoms with E-state index in [0.29, 0.717) is 22.4 Å². The quantitative estimate of drug-likeness (QED) is 0.308. The van der Waals surface area contributed by atoms with Crippen LogP contribution in [0.15, 0.2) is 83.3 Å². The first-order valence-corrected chi connectivity index (χ1v) is 12.3. The molecule has 9 heteroatoms. The summed E-state index contributed by atoms with van der Waals surface area (Å²) in [7, 11) is -2.39. The van der Waals surface area contributed by atoms with Gasteiger partial charge in [-0.1, -0.05) is 24.3 Å². The summed E-state index contributed by atoms with van der Waals surface area (Å²) in [5.74, 6) is -0.696. The lowest BCUT2D eigenvalue weighted by Crippen LogP contribution is -2.28. The Bertz CT molecular complexity index is 1390. The summed E-state index contributed by atoms with van der Waals surface area (Å²) < 4.78 is 28.0. The Morgan fingerprint density at radius 3 is 2.39 bits per heavy atom. The second kappa shape index (κ2) is 9.14. The molecule has 0 fully saturated rings. The molecule has 2 heterocycles. The summed E-state index contributed by atoms with van der Waals surface area (Å²) >= 11 is 1.58. The lowest BCUT2D eigenvalue weighted by molar-refractivity contribution is 0.0707. The third kappa shape index (κ3) is 4.25. The summed E-state index contributed by atoms with van der Waals surface area (Å²) in [4.78, 5) is 17.6. The molecule has 0 radical (unpaired) electrons. The maximum absolute atomic E-state index is 13.4. The van der Waals surface area contributed by atoms with Crippen LogP contribution in [-0.2, 0) is 10.0 Å². The average molecular weight is 480 g/mol. The molecular weight excluding hydrogens is 458 g/mol. The van der Waals surface area contributed by atoms with E-state index in [1.807, 2.05) is 17.5 Å². The average Bonchev–Trinajstić information content (AvgIpc) is 3.38.